The van der Waals surface area contributed by atoms with Gasteiger partial charge in [-0.25, -0.2) is 0 Å². The fourth-order valence-corrected chi connectivity index (χ4v) is 2.59. The summed E-state index contributed by atoms with van der Waals surface area (Å²) in [4.78, 5) is 24.0. The molecule has 0 saturated heterocycles. The van der Waals surface area contributed by atoms with Crippen molar-refractivity contribution in [2.75, 3.05) is 5.32 Å². The smallest absolute Gasteiger partial charge is 0.313 e. The van der Waals surface area contributed by atoms with E-state index >= 15 is 0 Å². The number of carbonyl (C=O) groups is 2. The molecular weight excluding hydrogens is 359 g/mol. The third-order valence-electron chi connectivity index (χ3n) is 3.13. The van der Waals surface area contributed by atoms with Gasteiger partial charge in [-0.05, 0) is 30.7 Å². The van der Waals surface area contributed by atoms with E-state index in [1.54, 1.807) is 49.4 Å². The predicted molar refractivity (Wildman–Crippen MR) is 93.1 cm³/mol. The number of nitrogens with one attached hydrogen (secondary N) is 2. The molecule has 0 bridgehead atoms. The maximum Gasteiger partial charge on any atom is 0.313 e. The van der Waals surface area contributed by atoms with Crippen molar-refractivity contribution in [1.82, 2.24) is 5.32 Å². The summed E-state index contributed by atoms with van der Waals surface area (Å²) in [7, 11) is 0. The summed E-state index contributed by atoms with van der Waals surface area (Å²) in [6.45, 7) is 1.73. The summed E-state index contributed by atoms with van der Waals surface area (Å²) in [5, 5.41) is 5.98. The first kappa shape index (κ1) is 17.6. The molecular formula is C16H13Cl3N2O2. The summed E-state index contributed by atoms with van der Waals surface area (Å²) in [6.07, 6.45) is 0. The zero-order valence-corrected chi connectivity index (χ0v) is 14.3. The average molecular weight is 372 g/mol. The monoisotopic (exact) mass is 370 g/mol. The molecule has 2 rings (SSSR count). The van der Waals surface area contributed by atoms with Crippen LogP contribution in [0.5, 0.6) is 0 Å². The predicted octanol–water partition coefficient (Wildman–Crippen LogP) is 4.46. The van der Waals surface area contributed by atoms with Gasteiger partial charge < -0.3 is 10.6 Å². The van der Waals surface area contributed by atoms with Crippen LogP contribution in [0.25, 0.3) is 0 Å². The van der Waals surface area contributed by atoms with Gasteiger partial charge in [0.05, 0.1) is 21.8 Å². The van der Waals surface area contributed by atoms with Crippen molar-refractivity contribution in [3.63, 3.8) is 0 Å². The van der Waals surface area contributed by atoms with E-state index in [9.17, 15) is 9.59 Å². The Kier molecular flexibility index (Phi) is 5.88. The molecule has 2 aromatic rings. The van der Waals surface area contributed by atoms with Gasteiger partial charge in [0.2, 0.25) is 0 Å². The fourth-order valence-electron chi connectivity index (χ4n) is 1.95. The van der Waals surface area contributed by atoms with E-state index in [-0.39, 0.29) is 15.7 Å². The Bertz CT molecular complexity index is 750. The van der Waals surface area contributed by atoms with Crippen LogP contribution in [0.15, 0.2) is 42.5 Å². The van der Waals surface area contributed by atoms with Crippen LogP contribution < -0.4 is 10.6 Å². The number of benzene rings is 2. The van der Waals surface area contributed by atoms with Gasteiger partial charge in [-0.3, -0.25) is 9.59 Å². The van der Waals surface area contributed by atoms with Crippen LogP contribution in [-0.4, -0.2) is 11.8 Å². The molecule has 0 radical (unpaired) electrons. The lowest BCUT2D eigenvalue weighted by atomic mass is 10.1. The highest BCUT2D eigenvalue weighted by atomic mass is 35.5. The molecule has 0 spiro atoms. The third-order valence-corrected chi connectivity index (χ3v) is 4.29. The maximum absolute atomic E-state index is 12.0. The molecule has 1 atom stereocenters. The molecule has 2 amide bonds. The van der Waals surface area contributed by atoms with Crippen molar-refractivity contribution < 1.29 is 9.59 Å². The van der Waals surface area contributed by atoms with Gasteiger partial charge in [-0.2, -0.15) is 0 Å². The van der Waals surface area contributed by atoms with Crippen LogP contribution in [0.1, 0.15) is 18.5 Å². The van der Waals surface area contributed by atoms with Crippen LogP contribution in [0.3, 0.4) is 0 Å². The van der Waals surface area contributed by atoms with E-state index in [1.165, 1.54) is 0 Å². The minimum Gasteiger partial charge on any atom is -0.341 e. The largest absolute Gasteiger partial charge is 0.341 e. The Morgan fingerprint density at radius 1 is 0.913 bits per heavy atom. The van der Waals surface area contributed by atoms with Crippen LogP contribution in [0, 0.1) is 0 Å². The number of rotatable bonds is 3. The number of halogens is 3. The highest BCUT2D eigenvalue weighted by molar-refractivity contribution is 6.45. The Morgan fingerprint density at radius 2 is 1.57 bits per heavy atom. The molecule has 0 saturated carbocycles. The summed E-state index contributed by atoms with van der Waals surface area (Å²) < 4.78 is 0. The van der Waals surface area contributed by atoms with E-state index < -0.39 is 17.9 Å². The van der Waals surface area contributed by atoms with Gasteiger partial charge in [-0.15, -0.1) is 0 Å². The number of hydrogen-bond donors (Lipinski definition) is 2. The summed E-state index contributed by atoms with van der Waals surface area (Å²) >= 11 is 17.9. The number of hydrogen-bond acceptors (Lipinski definition) is 2. The molecule has 0 aliphatic rings. The zero-order chi connectivity index (χ0) is 17.0. The molecule has 120 valence electrons. The fraction of sp³-hybridized carbons (Fsp3) is 0.125. The molecule has 7 heteroatoms. The van der Waals surface area contributed by atoms with Crippen molar-refractivity contribution in [2.45, 2.75) is 13.0 Å². The van der Waals surface area contributed by atoms with Gasteiger partial charge in [-0.1, -0.05) is 59.1 Å². The number of amides is 2. The van der Waals surface area contributed by atoms with Crippen LogP contribution in [-0.2, 0) is 9.59 Å². The van der Waals surface area contributed by atoms with Crippen molar-refractivity contribution in [3.8, 4) is 0 Å². The second kappa shape index (κ2) is 7.68. The van der Waals surface area contributed by atoms with Crippen LogP contribution >= 0.6 is 34.8 Å². The minimum absolute atomic E-state index is 0.175. The normalized spacial score (nSPS) is 11.7. The lowest BCUT2D eigenvalue weighted by Gasteiger charge is -2.15. The molecule has 2 aromatic carbocycles. The number of carbonyl (C=O) groups excluding carboxylic acids is 2. The highest BCUT2D eigenvalue weighted by Gasteiger charge is 2.19. The Morgan fingerprint density at radius 3 is 2.26 bits per heavy atom. The zero-order valence-electron chi connectivity index (χ0n) is 12.1. The number of anilines is 1. The Labute approximate surface area is 148 Å². The third kappa shape index (κ3) is 4.38. The van der Waals surface area contributed by atoms with Crippen molar-refractivity contribution >= 4 is 52.3 Å². The molecule has 2 N–H and O–H groups in total. The van der Waals surface area contributed by atoms with E-state index in [0.717, 1.165) is 5.56 Å². The second-order valence-electron chi connectivity index (χ2n) is 4.77. The summed E-state index contributed by atoms with van der Waals surface area (Å²) in [6, 6.07) is 11.4. The van der Waals surface area contributed by atoms with E-state index in [0.29, 0.717) is 5.02 Å². The summed E-state index contributed by atoms with van der Waals surface area (Å²) in [5.41, 5.74) is 0.987. The van der Waals surface area contributed by atoms with E-state index in [2.05, 4.69) is 10.6 Å². The molecule has 0 aromatic heterocycles. The van der Waals surface area contributed by atoms with Crippen LogP contribution in [0.2, 0.25) is 15.1 Å². The lowest BCUT2D eigenvalue weighted by Crippen LogP contribution is -2.37. The van der Waals surface area contributed by atoms with E-state index in [1.807, 2.05) is 0 Å². The summed E-state index contributed by atoms with van der Waals surface area (Å²) in [5.74, 6) is -1.64. The highest BCUT2D eigenvalue weighted by Crippen LogP contribution is 2.29. The Balaban J connectivity index is 2.04. The minimum atomic E-state index is -0.840. The molecule has 0 fully saturated rings. The average Bonchev–Trinajstić information content (AvgIpc) is 2.52. The first-order valence-corrected chi connectivity index (χ1v) is 7.84. The molecule has 0 aliphatic heterocycles. The lowest BCUT2D eigenvalue weighted by molar-refractivity contribution is -0.136. The SMILES string of the molecule is CC(NC(=O)C(=O)Nc1cccc(Cl)c1Cl)c1ccccc1Cl. The van der Waals surface area contributed by atoms with Crippen LogP contribution in [0.4, 0.5) is 5.69 Å². The van der Waals surface area contributed by atoms with Gasteiger partial charge in [0.15, 0.2) is 0 Å². The molecule has 0 heterocycles. The second-order valence-corrected chi connectivity index (χ2v) is 5.96. The first-order valence-electron chi connectivity index (χ1n) is 6.70. The molecule has 4 nitrogen and oxygen atoms in total. The van der Waals surface area contributed by atoms with Crippen molar-refractivity contribution in [2.24, 2.45) is 0 Å². The quantitative estimate of drug-likeness (QED) is 0.782. The van der Waals surface area contributed by atoms with Gasteiger partial charge in [0, 0.05) is 5.02 Å². The topological polar surface area (TPSA) is 58.2 Å². The van der Waals surface area contributed by atoms with Gasteiger partial charge in [0.25, 0.3) is 0 Å². The maximum atomic E-state index is 12.0. The molecule has 0 aliphatic carbocycles. The van der Waals surface area contributed by atoms with Gasteiger partial charge in [0.1, 0.15) is 0 Å². The first-order chi connectivity index (χ1) is 10.9. The Hall–Kier alpha value is -1.75. The van der Waals surface area contributed by atoms with E-state index in [4.69, 9.17) is 34.8 Å². The van der Waals surface area contributed by atoms with Crippen molar-refractivity contribution in [1.29, 1.82) is 0 Å². The molecule has 1 unspecified atom stereocenters. The van der Waals surface area contributed by atoms with Gasteiger partial charge >= 0.3 is 11.8 Å². The standard InChI is InChI=1S/C16H13Cl3N2O2/c1-9(10-5-2-3-6-11(10)17)20-15(22)16(23)21-13-8-4-7-12(18)14(13)19/h2-9H,1H3,(H,20,22)(H,21,23). The van der Waals surface area contributed by atoms with Crippen molar-refractivity contribution in [3.05, 3.63) is 63.1 Å². The molecule has 23 heavy (non-hydrogen) atoms.